The maximum atomic E-state index is 12.2. The van der Waals surface area contributed by atoms with Crippen molar-refractivity contribution in [3.05, 3.63) is 29.3 Å². The van der Waals surface area contributed by atoms with E-state index in [4.69, 9.17) is 9.47 Å². The first-order chi connectivity index (χ1) is 12.0. The molecular formula is C19H28N2O4. The molecule has 1 aromatic carbocycles. The van der Waals surface area contributed by atoms with Crippen LogP contribution in [0.1, 0.15) is 30.9 Å². The molecule has 0 atom stereocenters. The molecule has 6 nitrogen and oxygen atoms in total. The van der Waals surface area contributed by atoms with E-state index in [1.807, 2.05) is 26.0 Å². The van der Waals surface area contributed by atoms with Crippen molar-refractivity contribution in [1.29, 1.82) is 0 Å². The van der Waals surface area contributed by atoms with Crippen molar-refractivity contribution in [3.63, 3.8) is 0 Å². The summed E-state index contributed by atoms with van der Waals surface area (Å²) in [4.78, 5) is 25.6. The second-order valence-corrected chi connectivity index (χ2v) is 6.42. The highest BCUT2D eigenvalue weighted by atomic mass is 16.5. The van der Waals surface area contributed by atoms with Gasteiger partial charge in [-0.15, -0.1) is 0 Å². The van der Waals surface area contributed by atoms with Gasteiger partial charge in [0.15, 0.2) is 0 Å². The number of likely N-dealkylation sites (tertiary alicyclic amines) is 1. The molecule has 1 N–H and O–H groups in total. The summed E-state index contributed by atoms with van der Waals surface area (Å²) in [5.41, 5.74) is 2.31. The highest BCUT2D eigenvalue weighted by Gasteiger charge is 2.27. The Morgan fingerprint density at radius 1 is 1.16 bits per heavy atom. The Morgan fingerprint density at radius 3 is 2.40 bits per heavy atom. The van der Waals surface area contributed by atoms with Gasteiger partial charge in [0, 0.05) is 13.1 Å². The zero-order valence-corrected chi connectivity index (χ0v) is 15.3. The fraction of sp³-hybridized carbons (Fsp3) is 0.579. The molecule has 1 saturated heterocycles. The smallest absolute Gasteiger partial charge is 0.317 e. The number of benzene rings is 1. The van der Waals surface area contributed by atoms with Crippen molar-refractivity contribution in [2.24, 2.45) is 5.92 Å². The van der Waals surface area contributed by atoms with Gasteiger partial charge >= 0.3 is 12.0 Å². The predicted octanol–water partition coefficient (Wildman–Crippen LogP) is 2.67. The lowest BCUT2D eigenvalue weighted by Gasteiger charge is -2.30. The van der Waals surface area contributed by atoms with Crippen LogP contribution in [0.5, 0.6) is 5.75 Å². The number of rotatable bonds is 6. The van der Waals surface area contributed by atoms with Crippen molar-refractivity contribution >= 4 is 12.0 Å². The van der Waals surface area contributed by atoms with Gasteiger partial charge in [-0.2, -0.15) is 0 Å². The van der Waals surface area contributed by atoms with Crippen molar-refractivity contribution in [2.75, 3.05) is 32.8 Å². The second kappa shape index (κ2) is 9.30. The van der Waals surface area contributed by atoms with Crippen LogP contribution in [-0.2, 0) is 9.53 Å². The average molecular weight is 348 g/mol. The number of amides is 2. The maximum Gasteiger partial charge on any atom is 0.317 e. The summed E-state index contributed by atoms with van der Waals surface area (Å²) in [6, 6.07) is 5.95. The van der Waals surface area contributed by atoms with Crippen LogP contribution in [0.2, 0.25) is 0 Å². The lowest BCUT2D eigenvalue weighted by Crippen LogP contribution is -2.46. The third-order valence-corrected chi connectivity index (χ3v) is 4.24. The minimum Gasteiger partial charge on any atom is -0.492 e. The predicted molar refractivity (Wildman–Crippen MR) is 95.7 cm³/mol. The van der Waals surface area contributed by atoms with E-state index in [0.717, 1.165) is 16.9 Å². The van der Waals surface area contributed by atoms with E-state index in [1.165, 1.54) is 0 Å². The number of urea groups is 1. The van der Waals surface area contributed by atoms with Crippen LogP contribution in [0, 0.1) is 19.8 Å². The fourth-order valence-electron chi connectivity index (χ4n) is 3.03. The molecule has 1 aromatic rings. The molecule has 6 heteroatoms. The minimum atomic E-state index is -0.149. The SMILES string of the molecule is CCOC(=O)C1CCN(C(=O)NCCOc2cc(C)cc(C)c2)CC1. The summed E-state index contributed by atoms with van der Waals surface area (Å²) in [6.45, 7) is 8.29. The standard InChI is InChI=1S/C19H28N2O4/c1-4-24-18(22)16-5-8-21(9-6-16)19(23)20-7-10-25-17-12-14(2)11-15(3)13-17/h11-13,16H,4-10H2,1-3H3,(H,20,23). The molecule has 25 heavy (non-hydrogen) atoms. The summed E-state index contributed by atoms with van der Waals surface area (Å²) in [6.07, 6.45) is 1.32. The summed E-state index contributed by atoms with van der Waals surface area (Å²) in [7, 11) is 0. The lowest BCUT2D eigenvalue weighted by atomic mass is 9.97. The minimum absolute atomic E-state index is 0.0862. The molecule has 0 aliphatic carbocycles. The van der Waals surface area contributed by atoms with E-state index in [9.17, 15) is 9.59 Å². The van der Waals surface area contributed by atoms with Crippen molar-refractivity contribution in [3.8, 4) is 5.75 Å². The maximum absolute atomic E-state index is 12.2. The van der Waals surface area contributed by atoms with E-state index in [2.05, 4.69) is 11.4 Å². The van der Waals surface area contributed by atoms with Crippen LogP contribution in [-0.4, -0.2) is 49.7 Å². The molecule has 1 aliphatic rings. The summed E-state index contributed by atoms with van der Waals surface area (Å²) in [5.74, 6) is 0.586. The normalized spacial score (nSPS) is 14.9. The van der Waals surface area contributed by atoms with Crippen LogP contribution in [0.3, 0.4) is 0 Å². The van der Waals surface area contributed by atoms with Crippen LogP contribution in [0.25, 0.3) is 0 Å². The molecule has 0 saturated carbocycles. The Labute approximate surface area is 149 Å². The Kier molecular flexibility index (Phi) is 7.10. The number of nitrogens with zero attached hydrogens (tertiary/aromatic N) is 1. The Morgan fingerprint density at radius 2 is 1.80 bits per heavy atom. The molecule has 0 unspecified atom stereocenters. The molecule has 2 rings (SSSR count). The number of aryl methyl sites for hydroxylation is 2. The van der Waals surface area contributed by atoms with Crippen LogP contribution in [0.4, 0.5) is 4.79 Å². The van der Waals surface area contributed by atoms with E-state index < -0.39 is 0 Å². The monoisotopic (exact) mass is 348 g/mol. The first-order valence-corrected chi connectivity index (χ1v) is 8.90. The fourth-order valence-corrected chi connectivity index (χ4v) is 3.03. The van der Waals surface area contributed by atoms with Gasteiger partial charge in [0.25, 0.3) is 0 Å². The molecule has 1 fully saturated rings. The van der Waals surface area contributed by atoms with Crippen molar-refractivity contribution < 1.29 is 19.1 Å². The number of hydrogen-bond acceptors (Lipinski definition) is 4. The first-order valence-electron chi connectivity index (χ1n) is 8.90. The van der Waals surface area contributed by atoms with Crippen LogP contribution in [0.15, 0.2) is 18.2 Å². The number of hydrogen-bond donors (Lipinski definition) is 1. The third-order valence-electron chi connectivity index (χ3n) is 4.24. The quantitative estimate of drug-likeness (QED) is 0.634. The zero-order valence-electron chi connectivity index (χ0n) is 15.3. The van der Waals surface area contributed by atoms with Gasteiger partial charge in [-0.05, 0) is 56.9 Å². The van der Waals surface area contributed by atoms with Gasteiger partial charge in [0.1, 0.15) is 12.4 Å². The highest BCUT2D eigenvalue weighted by Crippen LogP contribution is 2.19. The topological polar surface area (TPSA) is 67.9 Å². The number of ether oxygens (including phenoxy) is 2. The third kappa shape index (κ3) is 5.96. The largest absolute Gasteiger partial charge is 0.492 e. The zero-order chi connectivity index (χ0) is 18.2. The molecule has 2 amide bonds. The summed E-state index contributed by atoms with van der Waals surface area (Å²) in [5, 5.41) is 2.87. The molecule has 0 aromatic heterocycles. The molecule has 138 valence electrons. The number of esters is 1. The number of nitrogens with one attached hydrogen (secondary N) is 1. The van der Waals surface area contributed by atoms with Crippen LogP contribution >= 0.6 is 0 Å². The molecule has 0 bridgehead atoms. The van der Waals surface area contributed by atoms with E-state index in [-0.39, 0.29) is 17.9 Å². The molecule has 1 aliphatic heterocycles. The molecular weight excluding hydrogens is 320 g/mol. The van der Waals surface area contributed by atoms with Crippen LogP contribution < -0.4 is 10.1 Å². The molecule has 1 heterocycles. The second-order valence-electron chi connectivity index (χ2n) is 6.42. The number of carbonyl (C=O) groups excluding carboxylic acids is 2. The van der Waals surface area contributed by atoms with Gasteiger partial charge in [-0.3, -0.25) is 4.79 Å². The Hall–Kier alpha value is -2.24. The van der Waals surface area contributed by atoms with E-state index >= 15 is 0 Å². The van der Waals surface area contributed by atoms with Gasteiger partial charge in [-0.25, -0.2) is 4.79 Å². The molecule has 0 radical (unpaired) electrons. The highest BCUT2D eigenvalue weighted by molar-refractivity contribution is 5.76. The van der Waals surface area contributed by atoms with Gasteiger partial charge in [0.2, 0.25) is 0 Å². The van der Waals surface area contributed by atoms with Gasteiger partial charge in [0.05, 0.1) is 19.1 Å². The van der Waals surface area contributed by atoms with Gasteiger partial charge in [-0.1, -0.05) is 6.07 Å². The summed E-state index contributed by atoms with van der Waals surface area (Å²) >= 11 is 0. The Bertz CT molecular complexity index is 575. The van der Waals surface area contributed by atoms with Crippen molar-refractivity contribution in [1.82, 2.24) is 10.2 Å². The van der Waals surface area contributed by atoms with Crippen molar-refractivity contribution in [2.45, 2.75) is 33.6 Å². The van der Waals surface area contributed by atoms with E-state index in [1.54, 1.807) is 11.8 Å². The lowest BCUT2D eigenvalue weighted by molar-refractivity contribution is -0.149. The average Bonchev–Trinajstić information content (AvgIpc) is 2.58. The first kappa shape index (κ1) is 19.1. The van der Waals surface area contributed by atoms with Gasteiger partial charge < -0.3 is 19.7 Å². The number of carbonyl (C=O) groups is 2. The molecule has 0 spiro atoms. The Balaban J connectivity index is 1.66. The van der Waals surface area contributed by atoms with E-state index in [0.29, 0.717) is 45.7 Å². The number of piperidine rings is 1. The summed E-state index contributed by atoms with van der Waals surface area (Å²) < 4.78 is 10.7.